The highest BCUT2D eigenvalue weighted by Crippen LogP contribution is 2.39. The second kappa shape index (κ2) is 6.79. The van der Waals surface area contributed by atoms with Crippen LogP contribution < -0.4 is 5.32 Å². The second-order valence-corrected chi connectivity index (χ2v) is 5.95. The van der Waals surface area contributed by atoms with Crippen molar-refractivity contribution in [1.82, 2.24) is 10.3 Å². The first kappa shape index (κ1) is 14.9. The molecule has 1 aliphatic heterocycles. The monoisotopic (exact) mass is 284 g/mol. The van der Waals surface area contributed by atoms with Crippen LogP contribution in [0.5, 0.6) is 0 Å². The predicted octanol–water partition coefficient (Wildman–Crippen LogP) is 2.86. The molecular formula is C14H24N2O2S. The largest absolute Gasteiger partial charge is 0.381 e. The van der Waals surface area contributed by atoms with Crippen LogP contribution in [0.4, 0.5) is 0 Å². The van der Waals surface area contributed by atoms with Gasteiger partial charge in [0.15, 0.2) is 0 Å². The number of aromatic nitrogens is 1. The molecule has 0 spiro atoms. The fourth-order valence-corrected chi connectivity index (χ4v) is 3.64. The molecule has 4 nitrogen and oxygen atoms in total. The first-order chi connectivity index (χ1) is 9.22. The van der Waals surface area contributed by atoms with Crippen LogP contribution >= 0.6 is 11.3 Å². The van der Waals surface area contributed by atoms with E-state index in [1.807, 2.05) is 13.1 Å². The normalized spacial score (nSPS) is 20.4. The Labute approximate surface area is 119 Å². The van der Waals surface area contributed by atoms with Gasteiger partial charge >= 0.3 is 0 Å². The van der Waals surface area contributed by atoms with E-state index in [-0.39, 0.29) is 5.60 Å². The third kappa shape index (κ3) is 3.34. The Morgan fingerprint density at radius 3 is 2.84 bits per heavy atom. The molecule has 1 aliphatic rings. The quantitative estimate of drug-likeness (QED) is 0.872. The number of ether oxygens (including phenoxy) is 2. The average molecular weight is 284 g/mol. The maximum absolute atomic E-state index is 6.06. The summed E-state index contributed by atoms with van der Waals surface area (Å²) in [4.78, 5) is 5.91. The summed E-state index contributed by atoms with van der Waals surface area (Å²) in [6.07, 6.45) is 3.80. The van der Waals surface area contributed by atoms with Gasteiger partial charge in [-0.15, -0.1) is 11.3 Å². The van der Waals surface area contributed by atoms with E-state index in [9.17, 15) is 0 Å². The Hall–Kier alpha value is -0.490. The molecule has 0 aromatic carbocycles. The molecule has 108 valence electrons. The average Bonchev–Trinajstić information content (AvgIpc) is 2.91. The second-order valence-electron chi connectivity index (χ2n) is 4.89. The zero-order chi connectivity index (χ0) is 13.7. The molecule has 0 amide bonds. The van der Waals surface area contributed by atoms with Crippen molar-refractivity contribution in [2.75, 3.05) is 26.4 Å². The summed E-state index contributed by atoms with van der Waals surface area (Å²) in [6, 6.07) is 0.356. The van der Waals surface area contributed by atoms with E-state index >= 15 is 0 Å². The van der Waals surface area contributed by atoms with Crippen LogP contribution in [0.2, 0.25) is 0 Å². The van der Waals surface area contributed by atoms with Crippen LogP contribution in [-0.2, 0) is 15.1 Å². The SMILES string of the molecule is CCNC(C)c1cnc(C2(OCC)CCOCC2)s1. The topological polar surface area (TPSA) is 43.4 Å². The molecule has 1 atom stereocenters. The first-order valence-corrected chi connectivity index (χ1v) is 7.94. The van der Waals surface area contributed by atoms with Crippen LogP contribution in [0.15, 0.2) is 6.20 Å². The third-order valence-electron chi connectivity index (χ3n) is 3.57. The lowest BCUT2D eigenvalue weighted by atomic mass is 9.95. The molecule has 0 bridgehead atoms. The van der Waals surface area contributed by atoms with Gasteiger partial charge in [-0.2, -0.15) is 0 Å². The molecule has 1 saturated heterocycles. The molecule has 5 heteroatoms. The number of rotatable bonds is 6. The van der Waals surface area contributed by atoms with Crippen LogP contribution in [0.25, 0.3) is 0 Å². The number of thiazole rings is 1. The van der Waals surface area contributed by atoms with E-state index in [0.29, 0.717) is 6.04 Å². The minimum atomic E-state index is -0.220. The van der Waals surface area contributed by atoms with Crippen molar-refractivity contribution in [2.24, 2.45) is 0 Å². The van der Waals surface area contributed by atoms with Gasteiger partial charge < -0.3 is 14.8 Å². The van der Waals surface area contributed by atoms with E-state index in [4.69, 9.17) is 9.47 Å². The molecular weight excluding hydrogens is 260 g/mol. The van der Waals surface area contributed by atoms with Gasteiger partial charge in [0.1, 0.15) is 10.6 Å². The summed E-state index contributed by atoms with van der Waals surface area (Å²) in [6.45, 7) is 9.57. The van der Waals surface area contributed by atoms with Crippen molar-refractivity contribution < 1.29 is 9.47 Å². The highest BCUT2D eigenvalue weighted by Gasteiger charge is 2.38. The van der Waals surface area contributed by atoms with E-state index in [2.05, 4.69) is 24.1 Å². The Morgan fingerprint density at radius 2 is 2.21 bits per heavy atom. The number of nitrogens with one attached hydrogen (secondary N) is 1. The molecule has 1 fully saturated rings. The summed E-state index contributed by atoms with van der Waals surface area (Å²) in [5, 5.41) is 4.54. The highest BCUT2D eigenvalue weighted by molar-refractivity contribution is 7.11. The first-order valence-electron chi connectivity index (χ1n) is 7.13. The number of hydrogen-bond donors (Lipinski definition) is 1. The van der Waals surface area contributed by atoms with Gasteiger partial charge in [0.25, 0.3) is 0 Å². The van der Waals surface area contributed by atoms with Crippen LogP contribution in [0.1, 0.15) is 49.5 Å². The van der Waals surface area contributed by atoms with E-state index in [1.54, 1.807) is 11.3 Å². The summed E-state index contributed by atoms with van der Waals surface area (Å²) >= 11 is 1.77. The minimum absolute atomic E-state index is 0.220. The van der Waals surface area contributed by atoms with Gasteiger partial charge in [-0.3, -0.25) is 0 Å². The summed E-state index contributed by atoms with van der Waals surface area (Å²) in [5.74, 6) is 0. The summed E-state index contributed by atoms with van der Waals surface area (Å²) in [7, 11) is 0. The van der Waals surface area contributed by atoms with Crippen LogP contribution in [-0.4, -0.2) is 31.3 Å². The molecule has 0 radical (unpaired) electrons. The van der Waals surface area contributed by atoms with Gasteiger partial charge in [-0.1, -0.05) is 6.92 Å². The van der Waals surface area contributed by atoms with E-state index in [1.165, 1.54) is 4.88 Å². The van der Waals surface area contributed by atoms with Gasteiger partial charge in [0.2, 0.25) is 0 Å². The maximum atomic E-state index is 6.06. The number of hydrogen-bond acceptors (Lipinski definition) is 5. The maximum Gasteiger partial charge on any atom is 0.125 e. The predicted molar refractivity (Wildman–Crippen MR) is 77.6 cm³/mol. The zero-order valence-electron chi connectivity index (χ0n) is 12.1. The Morgan fingerprint density at radius 1 is 1.47 bits per heavy atom. The lowest BCUT2D eigenvalue weighted by Gasteiger charge is -2.35. The standard InChI is InChI=1S/C14H24N2O2S/c1-4-15-11(3)12-10-16-13(19-12)14(18-5-2)6-8-17-9-7-14/h10-11,15H,4-9H2,1-3H3. The molecule has 1 aromatic heterocycles. The van der Waals surface area contributed by atoms with Crippen molar-refractivity contribution in [3.05, 3.63) is 16.1 Å². The smallest absolute Gasteiger partial charge is 0.125 e. The summed E-state index contributed by atoms with van der Waals surface area (Å²) in [5.41, 5.74) is -0.220. The molecule has 0 aliphatic carbocycles. The zero-order valence-corrected chi connectivity index (χ0v) is 12.9. The molecule has 1 aromatic rings. The summed E-state index contributed by atoms with van der Waals surface area (Å²) < 4.78 is 11.5. The van der Waals surface area contributed by atoms with Gasteiger partial charge in [0.05, 0.1) is 0 Å². The fraction of sp³-hybridized carbons (Fsp3) is 0.786. The Kier molecular flexibility index (Phi) is 5.33. The molecule has 2 rings (SSSR count). The Balaban J connectivity index is 2.18. The van der Waals surface area contributed by atoms with Crippen LogP contribution in [0.3, 0.4) is 0 Å². The minimum Gasteiger partial charge on any atom is -0.381 e. The van der Waals surface area contributed by atoms with Crippen molar-refractivity contribution in [3.8, 4) is 0 Å². The van der Waals surface area contributed by atoms with Crippen molar-refractivity contribution in [3.63, 3.8) is 0 Å². The van der Waals surface area contributed by atoms with Crippen molar-refractivity contribution in [2.45, 2.75) is 45.3 Å². The van der Waals surface area contributed by atoms with Crippen molar-refractivity contribution in [1.29, 1.82) is 0 Å². The van der Waals surface area contributed by atoms with Crippen molar-refractivity contribution >= 4 is 11.3 Å². The third-order valence-corrected chi connectivity index (χ3v) is 4.94. The number of nitrogens with zero attached hydrogens (tertiary/aromatic N) is 1. The lowest BCUT2D eigenvalue weighted by molar-refractivity contribution is -0.112. The lowest BCUT2D eigenvalue weighted by Crippen LogP contribution is -2.36. The van der Waals surface area contributed by atoms with Gasteiger partial charge in [-0.05, 0) is 20.4 Å². The van der Waals surface area contributed by atoms with Gasteiger partial charge in [0, 0.05) is 49.8 Å². The highest BCUT2D eigenvalue weighted by atomic mass is 32.1. The molecule has 1 unspecified atom stereocenters. The van der Waals surface area contributed by atoms with Gasteiger partial charge in [-0.25, -0.2) is 4.98 Å². The Bertz CT molecular complexity index is 383. The van der Waals surface area contributed by atoms with Crippen LogP contribution in [0, 0.1) is 0 Å². The molecule has 19 heavy (non-hydrogen) atoms. The molecule has 1 N–H and O–H groups in total. The van der Waals surface area contributed by atoms with E-state index in [0.717, 1.165) is 44.2 Å². The fourth-order valence-electron chi connectivity index (χ4n) is 2.50. The molecule has 2 heterocycles. The van der Waals surface area contributed by atoms with E-state index < -0.39 is 0 Å². The molecule has 0 saturated carbocycles.